The van der Waals surface area contributed by atoms with Crippen molar-refractivity contribution in [3.8, 4) is 5.75 Å². The van der Waals surface area contributed by atoms with Gasteiger partial charge < -0.3 is 9.47 Å². The molecular formula is C32H37F4NO3. The van der Waals surface area contributed by atoms with E-state index in [9.17, 15) is 18.0 Å². The van der Waals surface area contributed by atoms with E-state index in [1.165, 1.54) is 13.2 Å². The Balaban J connectivity index is 1.52. The molecule has 3 aliphatic rings. The molecule has 0 aromatic heterocycles. The van der Waals surface area contributed by atoms with Gasteiger partial charge in [0, 0.05) is 18.2 Å². The van der Waals surface area contributed by atoms with Crippen LogP contribution in [0.3, 0.4) is 0 Å². The number of ether oxygens (including phenoxy) is 2. The van der Waals surface area contributed by atoms with Gasteiger partial charge in [0.15, 0.2) is 0 Å². The number of hydrogen-bond donors (Lipinski definition) is 0. The van der Waals surface area contributed by atoms with E-state index in [4.69, 9.17) is 9.47 Å². The average molecular weight is 560 g/mol. The zero-order valence-electron chi connectivity index (χ0n) is 24.0. The Bertz CT molecular complexity index is 1370. The molecule has 2 aromatic rings. The number of halogens is 4. The SMILES string of the molecule is COc1cc(F)c(C2(C)CC2)cc1C1=C(CN2C(=O)O[C@H](c3cc(C)cc(C(F)(F)F)c3)[C@@H]2C)CC(C)(C)CC1. The van der Waals surface area contributed by atoms with Crippen LogP contribution in [0.4, 0.5) is 22.4 Å². The average Bonchev–Trinajstić information content (AvgIpc) is 3.55. The highest BCUT2D eigenvalue weighted by molar-refractivity contribution is 5.77. The van der Waals surface area contributed by atoms with Gasteiger partial charge >= 0.3 is 12.3 Å². The van der Waals surface area contributed by atoms with Crippen molar-refractivity contribution >= 4 is 11.7 Å². The van der Waals surface area contributed by atoms with E-state index in [2.05, 4.69) is 20.8 Å². The van der Waals surface area contributed by atoms with Crippen LogP contribution in [-0.2, 0) is 16.3 Å². The van der Waals surface area contributed by atoms with Gasteiger partial charge in [-0.3, -0.25) is 4.90 Å². The van der Waals surface area contributed by atoms with Crippen LogP contribution in [0, 0.1) is 18.2 Å². The lowest BCUT2D eigenvalue weighted by molar-refractivity contribution is -0.137. The lowest BCUT2D eigenvalue weighted by Gasteiger charge is -2.36. The number of carbonyl (C=O) groups excluding carboxylic acids is 1. The topological polar surface area (TPSA) is 38.8 Å². The molecule has 2 aromatic carbocycles. The van der Waals surface area contributed by atoms with Crippen molar-refractivity contribution in [2.75, 3.05) is 13.7 Å². The van der Waals surface area contributed by atoms with Crippen molar-refractivity contribution in [3.05, 3.63) is 69.5 Å². The summed E-state index contributed by atoms with van der Waals surface area (Å²) in [4.78, 5) is 14.8. The predicted molar refractivity (Wildman–Crippen MR) is 146 cm³/mol. The highest BCUT2D eigenvalue weighted by Crippen LogP contribution is 2.52. The van der Waals surface area contributed by atoms with E-state index in [-0.39, 0.29) is 23.2 Å². The number of aryl methyl sites for hydroxylation is 1. The van der Waals surface area contributed by atoms with Crippen LogP contribution in [0.1, 0.15) is 93.7 Å². The Morgan fingerprint density at radius 2 is 1.77 bits per heavy atom. The second kappa shape index (κ2) is 9.81. The molecule has 1 aliphatic heterocycles. The molecule has 1 saturated heterocycles. The third kappa shape index (κ3) is 5.34. The van der Waals surface area contributed by atoms with E-state index in [1.54, 1.807) is 17.9 Å². The summed E-state index contributed by atoms with van der Waals surface area (Å²) in [5, 5.41) is 0. The fourth-order valence-corrected chi connectivity index (χ4v) is 6.27. The van der Waals surface area contributed by atoms with E-state index in [0.717, 1.165) is 60.9 Å². The van der Waals surface area contributed by atoms with Crippen molar-refractivity contribution in [1.82, 2.24) is 4.90 Å². The minimum absolute atomic E-state index is 0.0121. The van der Waals surface area contributed by atoms with Gasteiger partial charge in [0.1, 0.15) is 17.7 Å². The number of nitrogens with zero attached hydrogens (tertiary/aromatic N) is 1. The summed E-state index contributed by atoms with van der Waals surface area (Å²) in [6.07, 6.45) is -1.62. The Labute approximate surface area is 233 Å². The molecular weight excluding hydrogens is 522 g/mol. The fourth-order valence-electron chi connectivity index (χ4n) is 6.27. The van der Waals surface area contributed by atoms with Gasteiger partial charge in [-0.15, -0.1) is 0 Å². The molecule has 2 fully saturated rings. The third-order valence-corrected chi connectivity index (χ3v) is 8.94. The van der Waals surface area contributed by atoms with E-state index >= 15 is 4.39 Å². The molecule has 0 N–H and O–H groups in total. The van der Waals surface area contributed by atoms with Crippen LogP contribution < -0.4 is 4.74 Å². The number of allylic oxidation sites excluding steroid dienone is 1. The van der Waals surface area contributed by atoms with E-state index in [0.29, 0.717) is 22.4 Å². The first-order chi connectivity index (χ1) is 18.6. The van der Waals surface area contributed by atoms with Crippen LogP contribution in [0.5, 0.6) is 5.75 Å². The predicted octanol–water partition coefficient (Wildman–Crippen LogP) is 8.76. The molecule has 8 heteroatoms. The van der Waals surface area contributed by atoms with Gasteiger partial charge in [-0.05, 0) is 97.3 Å². The van der Waals surface area contributed by atoms with Crippen molar-refractivity contribution in [2.45, 2.75) is 90.5 Å². The van der Waals surface area contributed by atoms with Gasteiger partial charge in [0.05, 0.1) is 18.7 Å². The summed E-state index contributed by atoms with van der Waals surface area (Å²) in [5.74, 6) is 0.196. The largest absolute Gasteiger partial charge is 0.496 e. The molecule has 4 nitrogen and oxygen atoms in total. The zero-order valence-corrected chi connectivity index (χ0v) is 24.0. The minimum Gasteiger partial charge on any atom is -0.496 e. The van der Waals surface area contributed by atoms with Gasteiger partial charge in [0.25, 0.3) is 0 Å². The number of methoxy groups -OCH3 is 1. The second-order valence-electron chi connectivity index (χ2n) is 12.8. The molecule has 1 heterocycles. The number of carbonyl (C=O) groups is 1. The maximum Gasteiger partial charge on any atom is 0.416 e. The summed E-state index contributed by atoms with van der Waals surface area (Å²) >= 11 is 0. The molecule has 1 saturated carbocycles. The molecule has 2 atom stereocenters. The quantitative estimate of drug-likeness (QED) is 0.332. The molecule has 5 rings (SSSR count). The van der Waals surface area contributed by atoms with Crippen LogP contribution >= 0.6 is 0 Å². The number of amides is 1. The van der Waals surface area contributed by atoms with E-state index < -0.39 is 30.0 Å². The highest BCUT2D eigenvalue weighted by Gasteiger charge is 2.44. The van der Waals surface area contributed by atoms with Gasteiger partial charge in [0.2, 0.25) is 0 Å². The normalized spacial score (nSPS) is 23.9. The van der Waals surface area contributed by atoms with Crippen molar-refractivity contribution in [2.24, 2.45) is 5.41 Å². The van der Waals surface area contributed by atoms with Gasteiger partial charge in [-0.2, -0.15) is 13.2 Å². The third-order valence-electron chi connectivity index (χ3n) is 8.94. The van der Waals surface area contributed by atoms with Crippen molar-refractivity contribution < 1.29 is 31.8 Å². The van der Waals surface area contributed by atoms with Crippen LogP contribution in [0.15, 0.2) is 35.9 Å². The molecule has 40 heavy (non-hydrogen) atoms. The first kappa shape index (κ1) is 28.5. The van der Waals surface area contributed by atoms with Gasteiger partial charge in [-0.1, -0.05) is 32.4 Å². The summed E-state index contributed by atoms with van der Waals surface area (Å²) in [5.41, 5.74) is 3.46. The fraction of sp³-hybridized carbons (Fsp3) is 0.531. The standard InChI is InChI=1S/C32H37F4NO3/c1-18-11-20(13-22(12-18)32(34,35)36)28-19(2)37(29(38)40-28)17-21-16-30(3,4)8-7-23(21)24-14-25(31(5)9-10-31)26(33)15-27(24)39-6/h11-15,19,28H,7-10,16-17H2,1-6H3/t19-,28-/m0/s1. The van der Waals surface area contributed by atoms with Crippen LogP contribution in [-0.4, -0.2) is 30.7 Å². The number of benzene rings is 2. The highest BCUT2D eigenvalue weighted by atomic mass is 19.4. The number of rotatable bonds is 6. The van der Waals surface area contributed by atoms with E-state index in [1.807, 2.05) is 13.0 Å². The maximum absolute atomic E-state index is 15.1. The number of hydrogen-bond acceptors (Lipinski definition) is 3. The minimum atomic E-state index is -4.50. The Kier molecular flexibility index (Phi) is 6.99. The smallest absolute Gasteiger partial charge is 0.416 e. The molecule has 1 amide bonds. The Morgan fingerprint density at radius 3 is 2.40 bits per heavy atom. The summed E-state index contributed by atoms with van der Waals surface area (Å²) in [6.45, 7) is 10.1. The summed E-state index contributed by atoms with van der Waals surface area (Å²) in [7, 11) is 1.53. The lowest BCUT2D eigenvalue weighted by Crippen LogP contribution is -2.35. The summed E-state index contributed by atoms with van der Waals surface area (Å²) < 4.78 is 66.9. The molecule has 0 radical (unpaired) electrons. The van der Waals surface area contributed by atoms with Crippen molar-refractivity contribution in [1.29, 1.82) is 0 Å². The molecule has 216 valence electrons. The lowest BCUT2D eigenvalue weighted by atomic mass is 9.72. The van der Waals surface area contributed by atoms with Crippen LogP contribution in [0.2, 0.25) is 0 Å². The van der Waals surface area contributed by atoms with Crippen LogP contribution in [0.25, 0.3) is 5.57 Å². The molecule has 2 aliphatic carbocycles. The monoisotopic (exact) mass is 559 g/mol. The number of cyclic esters (lactones) is 1. The Morgan fingerprint density at radius 1 is 1.07 bits per heavy atom. The molecule has 0 unspecified atom stereocenters. The first-order valence-electron chi connectivity index (χ1n) is 13.9. The molecule has 0 bridgehead atoms. The maximum atomic E-state index is 15.1. The van der Waals surface area contributed by atoms with Crippen molar-refractivity contribution in [3.63, 3.8) is 0 Å². The Hall–Kier alpha value is -3.03. The first-order valence-corrected chi connectivity index (χ1v) is 13.9. The number of alkyl halides is 3. The molecule has 0 spiro atoms. The zero-order chi connectivity index (χ0) is 29.2. The summed E-state index contributed by atoms with van der Waals surface area (Å²) in [6, 6.07) is 6.72. The second-order valence-corrected chi connectivity index (χ2v) is 12.8. The van der Waals surface area contributed by atoms with Gasteiger partial charge in [-0.25, -0.2) is 9.18 Å².